The van der Waals surface area contributed by atoms with Gasteiger partial charge in [0.25, 0.3) is 0 Å². The van der Waals surface area contributed by atoms with Crippen LogP contribution in [-0.2, 0) is 4.79 Å². The lowest BCUT2D eigenvalue weighted by molar-refractivity contribution is -0.107. The Balaban J connectivity index is 2.96. The molecule has 0 unspecified atom stereocenters. The third-order valence-electron chi connectivity index (χ3n) is 1.81. The molecule has 0 aromatic rings. The van der Waals surface area contributed by atoms with Crippen LogP contribution in [0.1, 0.15) is 53.7 Å². The summed E-state index contributed by atoms with van der Waals surface area (Å²) in [4.78, 5) is 10.3. The van der Waals surface area contributed by atoms with Crippen molar-refractivity contribution < 1.29 is 6.17 Å². The van der Waals surface area contributed by atoms with Gasteiger partial charge in [-0.3, -0.25) is 0 Å². The molecular weight excluding hydrogens is 136 g/mol. The molecule has 0 saturated carbocycles. The lowest BCUT2D eigenvalue weighted by atomic mass is 10.0. The van der Waals surface area contributed by atoms with E-state index >= 15 is 0 Å². The van der Waals surface area contributed by atoms with Crippen molar-refractivity contribution in [2.75, 3.05) is 0 Å². The molecule has 0 spiro atoms. The van der Waals surface area contributed by atoms with E-state index in [0.717, 1.165) is 18.8 Å². The summed E-state index contributed by atoms with van der Waals surface area (Å²) in [7, 11) is 0. The number of hydrogen-bond donors (Lipinski definition) is 0. The first-order chi connectivity index (χ1) is 5.63. The van der Waals surface area contributed by atoms with Gasteiger partial charge in [0.15, 0.2) is 0 Å². The fraction of sp³-hybridized carbons (Fsp3) is 0.900. The predicted molar refractivity (Wildman–Crippen MR) is 48.6 cm³/mol. The van der Waals surface area contributed by atoms with Gasteiger partial charge in [-0.25, -0.2) is 0 Å². The molecule has 1 heteroatoms. The molecule has 0 aliphatic heterocycles. The molecule has 11 heavy (non-hydrogen) atoms. The maximum atomic E-state index is 10.3. The van der Waals surface area contributed by atoms with Crippen LogP contribution in [0, 0.1) is 5.92 Å². The first-order valence-corrected chi connectivity index (χ1v) is 4.62. The highest BCUT2D eigenvalue weighted by Crippen LogP contribution is 2.09. The van der Waals surface area contributed by atoms with Gasteiger partial charge in [0.1, 0.15) is 7.63 Å². The average molecular weight is 158 g/mol. The molecule has 66 valence electrons. The first kappa shape index (κ1) is 8.76. The molecule has 0 saturated heterocycles. The van der Waals surface area contributed by atoms with Crippen LogP contribution in [0.4, 0.5) is 0 Å². The quantitative estimate of drug-likeness (QED) is 0.411. The molecule has 0 aliphatic carbocycles. The van der Waals surface area contributed by atoms with Crippen LogP contribution in [0.15, 0.2) is 0 Å². The van der Waals surface area contributed by atoms with Crippen molar-refractivity contribution in [1.82, 2.24) is 0 Å². The Labute approximate surface area is 71.6 Å². The Morgan fingerprint density at radius 2 is 1.91 bits per heavy atom. The molecule has 0 bridgehead atoms. The van der Waals surface area contributed by atoms with Gasteiger partial charge in [0.2, 0.25) is 0 Å². The van der Waals surface area contributed by atoms with E-state index in [1.165, 1.54) is 19.3 Å². The zero-order valence-electron chi connectivity index (χ0n) is 8.73. The molecule has 0 aliphatic rings. The van der Waals surface area contributed by atoms with Crippen molar-refractivity contribution in [3.8, 4) is 0 Å². The van der Waals surface area contributed by atoms with E-state index in [-0.39, 0.29) is 0 Å². The monoisotopic (exact) mass is 158 g/mol. The second kappa shape index (κ2) is 7.77. The van der Waals surface area contributed by atoms with Gasteiger partial charge in [-0.05, 0) is 12.3 Å². The van der Waals surface area contributed by atoms with E-state index in [9.17, 15) is 4.79 Å². The minimum Gasteiger partial charge on any atom is -0.303 e. The number of aldehydes is 1. The Bertz CT molecular complexity index is 121. The highest BCUT2D eigenvalue weighted by atomic mass is 16.1. The first-order valence-electron chi connectivity index (χ1n) is 5.12. The van der Waals surface area contributed by atoms with Crippen LogP contribution < -0.4 is 0 Å². The highest BCUT2D eigenvalue weighted by Gasteiger charge is 1.93. The Hall–Kier alpha value is -0.330. The average Bonchev–Trinajstić information content (AvgIpc) is 1.95. The van der Waals surface area contributed by atoms with Crippen molar-refractivity contribution >= 4 is 6.26 Å². The van der Waals surface area contributed by atoms with Crippen LogP contribution in [0.2, 0.25) is 0 Å². The van der Waals surface area contributed by atoms with Crippen LogP contribution in [0.3, 0.4) is 0 Å². The molecule has 0 aromatic heterocycles. The summed E-state index contributed by atoms with van der Waals surface area (Å²) in [6.45, 7) is 4.46. The molecule has 0 fully saturated rings. The van der Waals surface area contributed by atoms with E-state index in [4.69, 9.17) is 1.37 Å². The summed E-state index contributed by atoms with van der Waals surface area (Å²) in [6.07, 6.45) is 5.81. The van der Waals surface area contributed by atoms with Crippen molar-refractivity contribution in [3.05, 3.63) is 0 Å². The third kappa shape index (κ3) is 9.67. The molecule has 0 atom stereocenters. The van der Waals surface area contributed by atoms with Crippen LogP contribution in [-0.4, -0.2) is 6.26 Å². The molecule has 0 rings (SSSR count). The second-order valence-electron chi connectivity index (χ2n) is 3.49. The van der Waals surface area contributed by atoms with E-state index < -0.39 is 6.26 Å². The lowest BCUT2D eigenvalue weighted by Crippen LogP contribution is -1.87. The summed E-state index contributed by atoms with van der Waals surface area (Å²) >= 11 is 0. The molecule has 0 N–H and O–H groups in total. The number of carbonyl (C=O) groups excluding carboxylic acids is 1. The Morgan fingerprint density at radius 1 is 1.27 bits per heavy atom. The number of carbonyl (C=O) groups is 1. The summed E-state index contributed by atoms with van der Waals surface area (Å²) in [6, 6.07) is 0. The van der Waals surface area contributed by atoms with E-state index in [0.29, 0.717) is 6.42 Å². The van der Waals surface area contributed by atoms with Crippen LogP contribution in [0.25, 0.3) is 0 Å². The zero-order chi connectivity index (χ0) is 9.40. The molecule has 1 nitrogen and oxygen atoms in total. The zero-order valence-corrected chi connectivity index (χ0v) is 7.73. The van der Waals surface area contributed by atoms with E-state index in [2.05, 4.69) is 13.8 Å². The minimum atomic E-state index is -0.418. The van der Waals surface area contributed by atoms with Gasteiger partial charge in [-0.15, -0.1) is 0 Å². The van der Waals surface area contributed by atoms with Crippen LogP contribution >= 0.6 is 0 Å². The summed E-state index contributed by atoms with van der Waals surface area (Å²) in [5.41, 5.74) is 0. The minimum absolute atomic E-state index is 0.418. The Kier molecular flexibility index (Phi) is 6.19. The highest BCUT2D eigenvalue weighted by molar-refractivity contribution is 5.48. The normalized spacial score (nSPS) is 11.7. The number of unbranched alkanes of at least 4 members (excludes halogenated alkanes) is 3. The van der Waals surface area contributed by atoms with Crippen molar-refractivity contribution in [2.45, 2.75) is 52.4 Å². The summed E-state index contributed by atoms with van der Waals surface area (Å²) in [5.74, 6) is 0.794. The SMILES string of the molecule is [3H]C(=O)CCCCCCC(C)C. The van der Waals surface area contributed by atoms with Gasteiger partial charge in [0.05, 0.1) is 0 Å². The van der Waals surface area contributed by atoms with Gasteiger partial charge in [0, 0.05) is 6.42 Å². The maximum Gasteiger partial charge on any atom is 0.119 e. The Morgan fingerprint density at radius 3 is 2.45 bits per heavy atom. The molecule has 0 aromatic carbocycles. The lowest BCUT2D eigenvalue weighted by Gasteiger charge is -2.02. The van der Waals surface area contributed by atoms with Crippen molar-refractivity contribution in [3.63, 3.8) is 0 Å². The molecular formula is C10H20O. The van der Waals surface area contributed by atoms with Crippen molar-refractivity contribution in [1.29, 1.82) is 0 Å². The summed E-state index contributed by atoms with van der Waals surface area (Å²) in [5, 5.41) is 0. The summed E-state index contributed by atoms with van der Waals surface area (Å²) < 4.78 is 6.69. The third-order valence-corrected chi connectivity index (χ3v) is 1.81. The molecule has 0 amide bonds. The van der Waals surface area contributed by atoms with Gasteiger partial charge in [-0.1, -0.05) is 39.5 Å². The van der Waals surface area contributed by atoms with Crippen LogP contribution in [0.5, 0.6) is 0 Å². The maximum absolute atomic E-state index is 10.3. The largest absolute Gasteiger partial charge is 0.303 e. The van der Waals surface area contributed by atoms with E-state index in [1.807, 2.05) is 0 Å². The number of hydrogen-bond acceptors (Lipinski definition) is 1. The standard InChI is InChI=1S/C10H20O/c1-10(2)8-6-4-3-5-7-9-11/h9-10H,3-8H2,1-2H3/i9T. The second-order valence-corrected chi connectivity index (χ2v) is 3.49. The van der Waals surface area contributed by atoms with Crippen molar-refractivity contribution in [2.24, 2.45) is 5.92 Å². The molecule has 0 heterocycles. The van der Waals surface area contributed by atoms with Gasteiger partial charge >= 0.3 is 0 Å². The van der Waals surface area contributed by atoms with Gasteiger partial charge in [-0.2, -0.15) is 0 Å². The van der Waals surface area contributed by atoms with Gasteiger partial charge < -0.3 is 4.79 Å². The topological polar surface area (TPSA) is 17.1 Å². The fourth-order valence-electron chi connectivity index (χ4n) is 1.10. The fourth-order valence-corrected chi connectivity index (χ4v) is 1.10. The number of rotatable bonds is 7. The smallest absolute Gasteiger partial charge is 0.119 e. The molecule has 0 radical (unpaired) electrons. The predicted octanol–water partition coefficient (Wildman–Crippen LogP) is 3.18. The van der Waals surface area contributed by atoms with E-state index in [1.54, 1.807) is 0 Å².